The summed E-state index contributed by atoms with van der Waals surface area (Å²) in [6.45, 7) is 6.67. The SMILES string of the molecule is CCCCCCOC(=O)CC.Cc1ccccc1. The standard InChI is InChI=1S/C9H18O2.C7H8/c1-3-5-6-7-8-11-9(10)4-2;1-7-5-3-2-4-6-7/h3-8H2,1-2H3;2-6H,1H3. The van der Waals surface area contributed by atoms with Crippen LogP contribution in [0, 0.1) is 6.92 Å². The Balaban J connectivity index is 0.000000351. The van der Waals surface area contributed by atoms with Gasteiger partial charge in [-0.05, 0) is 13.3 Å². The van der Waals surface area contributed by atoms with Crippen molar-refractivity contribution in [2.24, 2.45) is 0 Å². The Morgan fingerprint density at radius 2 is 1.72 bits per heavy atom. The summed E-state index contributed by atoms with van der Waals surface area (Å²) in [6.07, 6.45) is 5.15. The quantitative estimate of drug-likeness (QED) is 0.548. The Morgan fingerprint density at radius 1 is 1.06 bits per heavy atom. The van der Waals surface area contributed by atoms with Gasteiger partial charge in [0.1, 0.15) is 0 Å². The van der Waals surface area contributed by atoms with Crippen molar-refractivity contribution in [3.05, 3.63) is 35.9 Å². The molecule has 0 fully saturated rings. The molecule has 0 amide bonds. The average Bonchev–Trinajstić information content (AvgIpc) is 2.40. The number of hydrogen-bond donors (Lipinski definition) is 0. The first-order valence-electron chi connectivity index (χ1n) is 6.88. The van der Waals surface area contributed by atoms with E-state index in [0.29, 0.717) is 13.0 Å². The maximum atomic E-state index is 10.6. The van der Waals surface area contributed by atoms with E-state index < -0.39 is 0 Å². The lowest BCUT2D eigenvalue weighted by Crippen LogP contribution is -2.03. The molecule has 0 atom stereocenters. The molecule has 0 aliphatic rings. The summed E-state index contributed by atoms with van der Waals surface area (Å²) < 4.78 is 4.90. The topological polar surface area (TPSA) is 26.3 Å². The van der Waals surface area contributed by atoms with E-state index in [1.165, 1.54) is 24.8 Å². The van der Waals surface area contributed by atoms with Gasteiger partial charge in [0.15, 0.2) is 0 Å². The van der Waals surface area contributed by atoms with Gasteiger partial charge in [0, 0.05) is 6.42 Å². The second-order valence-electron chi connectivity index (χ2n) is 4.29. The molecule has 0 saturated carbocycles. The van der Waals surface area contributed by atoms with Crippen LogP contribution in [0.5, 0.6) is 0 Å². The molecule has 0 spiro atoms. The van der Waals surface area contributed by atoms with Crippen LogP contribution in [0.15, 0.2) is 30.3 Å². The molecule has 0 bridgehead atoms. The summed E-state index contributed by atoms with van der Waals surface area (Å²) in [6, 6.07) is 10.3. The summed E-state index contributed by atoms with van der Waals surface area (Å²) in [5.41, 5.74) is 1.32. The summed E-state index contributed by atoms with van der Waals surface area (Å²) >= 11 is 0. The number of aryl methyl sites for hydroxylation is 1. The van der Waals surface area contributed by atoms with Crippen LogP contribution in [0.4, 0.5) is 0 Å². The van der Waals surface area contributed by atoms with Crippen molar-refractivity contribution in [1.82, 2.24) is 0 Å². The molecule has 0 heterocycles. The van der Waals surface area contributed by atoms with E-state index in [1.807, 2.05) is 25.1 Å². The molecule has 1 aromatic carbocycles. The largest absolute Gasteiger partial charge is 0.466 e. The number of unbranched alkanes of at least 4 members (excludes halogenated alkanes) is 3. The molecular weight excluding hydrogens is 224 g/mol. The summed E-state index contributed by atoms with van der Waals surface area (Å²) in [4.78, 5) is 10.6. The second kappa shape index (κ2) is 12.2. The first-order chi connectivity index (χ1) is 8.70. The first kappa shape index (κ1) is 16.7. The Labute approximate surface area is 111 Å². The number of hydrogen-bond acceptors (Lipinski definition) is 2. The van der Waals surface area contributed by atoms with Crippen LogP contribution < -0.4 is 0 Å². The molecule has 0 aliphatic carbocycles. The maximum absolute atomic E-state index is 10.6. The van der Waals surface area contributed by atoms with E-state index in [-0.39, 0.29) is 5.97 Å². The molecule has 0 saturated heterocycles. The van der Waals surface area contributed by atoms with Gasteiger partial charge < -0.3 is 4.74 Å². The molecule has 0 N–H and O–H groups in total. The average molecular weight is 250 g/mol. The van der Waals surface area contributed by atoms with E-state index in [0.717, 1.165) is 6.42 Å². The maximum Gasteiger partial charge on any atom is 0.305 e. The molecule has 1 aromatic rings. The molecule has 0 unspecified atom stereocenters. The highest BCUT2D eigenvalue weighted by Gasteiger charge is 1.96. The zero-order valence-electron chi connectivity index (χ0n) is 11.9. The predicted octanol–water partition coefficient (Wildman–Crippen LogP) is 4.51. The highest BCUT2D eigenvalue weighted by molar-refractivity contribution is 5.68. The van der Waals surface area contributed by atoms with Crippen LogP contribution in [-0.2, 0) is 9.53 Å². The Morgan fingerprint density at radius 3 is 2.17 bits per heavy atom. The number of benzene rings is 1. The minimum absolute atomic E-state index is 0.0819. The third-order valence-electron chi connectivity index (χ3n) is 2.49. The third-order valence-corrected chi connectivity index (χ3v) is 2.49. The van der Waals surface area contributed by atoms with Crippen molar-refractivity contribution in [2.45, 2.75) is 52.9 Å². The van der Waals surface area contributed by atoms with Crippen LogP contribution in [-0.4, -0.2) is 12.6 Å². The van der Waals surface area contributed by atoms with Crippen LogP contribution in [0.2, 0.25) is 0 Å². The zero-order chi connectivity index (χ0) is 13.6. The van der Waals surface area contributed by atoms with Gasteiger partial charge in [0.05, 0.1) is 6.61 Å². The number of rotatable bonds is 6. The second-order valence-corrected chi connectivity index (χ2v) is 4.29. The molecule has 2 heteroatoms. The van der Waals surface area contributed by atoms with Crippen molar-refractivity contribution >= 4 is 5.97 Å². The molecule has 2 nitrogen and oxygen atoms in total. The fraction of sp³-hybridized carbons (Fsp3) is 0.562. The smallest absolute Gasteiger partial charge is 0.305 e. The Kier molecular flexibility index (Phi) is 11.3. The van der Waals surface area contributed by atoms with Crippen molar-refractivity contribution in [3.8, 4) is 0 Å². The van der Waals surface area contributed by atoms with Gasteiger partial charge in [-0.2, -0.15) is 0 Å². The highest BCUT2D eigenvalue weighted by atomic mass is 16.5. The summed E-state index contributed by atoms with van der Waals surface area (Å²) in [7, 11) is 0. The first-order valence-corrected chi connectivity index (χ1v) is 6.88. The highest BCUT2D eigenvalue weighted by Crippen LogP contribution is 1.99. The number of carbonyl (C=O) groups is 1. The van der Waals surface area contributed by atoms with E-state index >= 15 is 0 Å². The lowest BCUT2D eigenvalue weighted by Gasteiger charge is -2.01. The van der Waals surface area contributed by atoms with Gasteiger partial charge >= 0.3 is 5.97 Å². The van der Waals surface area contributed by atoms with E-state index in [9.17, 15) is 4.79 Å². The predicted molar refractivity (Wildman–Crippen MR) is 76.6 cm³/mol. The van der Waals surface area contributed by atoms with Crippen LogP contribution in [0.25, 0.3) is 0 Å². The minimum atomic E-state index is -0.0819. The molecule has 102 valence electrons. The molecule has 18 heavy (non-hydrogen) atoms. The number of ether oxygens (including phenoxy) is 1. The zero-order valence-corrected chi connectivity index (χ0v) is 11.9. The van der Waals surface area contributed by atoms with Crippen LogP contribution >= 0.6 is 0 Å². The normalized spacial score (nSPS) is 9.28. The van der Waals surface area contributed by atoms with Gasteiger partial charge in [-0.15, -0.1) is 0 Å². The minimum Gasteiger partial charge on any atom is -0.466 e. The molecule has 0 aromatic heterocycles. The summed E-state index contributed by atoms with van der Waals surface area (Å²) in [5.74, 6) is -0.0819. The Bertz CT molecular complexity index is 293. The van der Waals surface area contributed by atoms with Gasteiger partial charge in [0.25, 0.3) is 0 Å². The van der Waals surface area contributed by atoms with Crippen LogP contribution in [0.1, 0.15) is 51.5 Å². The van der Waals surface area contributed by atoms with Crippen molar-refractivity contribution < 1.29 is 9.53 Å². The molecule has 1 rings (SSSR count). The fourth-order valence-electron chi connectivity index (χ4n) is 1.35. The Hall–Kier alpha value is -1.31. The number of carbonyl (C=O) groups excluding carboxylic acids is 1. The van der Waals surface area contributed by atoms with Crippen molar-refractivity contribution in [3.63, 3.8) is 0 Å². The summed E-state index contributed by atoms with van der Waals surface area (Å²) in [5, 5.41) is 0. The van der Waals surface area contributed by atoms with E-state index in [4.69, 9.17) is 4.74 Å². The third kappa shape index (κ3) is 11.2. The van der Waals surface area contributed by atoms with Gasteiger partial charge in [-0.1, -0.05) is 69.0 Å². The van der Waals surface area contributed by atoms with E-state index in [1.54, 1.807) is 0 Å². The molecule has 0 aliphatic heterocycles. The van der Waals surface area contributed by atoms with Crippen molar-refractivity contribution in [1.29, 1.82) is 0 Å². The monoisotopic (exact) mass is 250 g/mol. The molecule has 0 radical (unpaired) electrons. The van der Waals surface area contributed by atoms with E-state index in [2.05, 4.69) is 26.0 Å². The van der Waals surface area contributed by atoms with Gasteiger partial charge in [-0.25, -0.2) is 0 Å². The lowest BCUT2D eigenvalue weighted by atomic mass is 10.2. The van der Waals surface area contributed by atoms with Gasteiger partial charge in [-0.3, -0.25) is 4.79 Å². The van der Waals surface area contributed by atoms with Crippen LogP contribution in [0.3, 0.4) is 0 Å². The number of esters is 1. The fourth-order valence-corrected chi connectivity index (χ4v) is 1.35. The van der Waals surface area contributed by atoms with Gasteiger partial charge in [0.2, 0.25) is 0 Å². The molecular formula is C16H26O2. The lowest BCUT2D eigenvalue weighted by molar-refractivity contribution is -0.143. The van der Waals surface area contributed by atoms with Crippen molar-refractivity contribution in [2.75, 3.05) is 6.61 Å².